The molecular weight excluding hydrogens is 148 g/mol. The number of aliphatic imine (C=N–C) groups is 2. The van der Waals surface area contributed by atoms with Gasteiger partial charge in [0.05, 0.1) is 5.54 Å². The first kappa shape index (κ1) is 9.43. The first-order valence-corrected chi connectivity index (χ1v) is 4.56. The lowest BCUT2D eigenvalue weighted by atomic mass is 9.73. The van der Waals surface area contributed by atoms with Crippen LogP contribution in [0.2, 0.25) is 0 Å². The Morgan fingerprint density at radius 3 is 2.50 bits per heavy atom. The summed E-state index contributed by atoms with van der Waals surface area (Å²) in [5, 5.41) is 0. The van der Waals surface area contributed by atoms with Gasteiger partial charge in [-0.1, -0.05) is 6.92 Å². The van der Waals surface area contributed by atoms with E-state index in [1.807, 2.05) is 0 Å². The fraction of sp³-hybridized carbons (Fsp3) is 0.800. The van der Waals surface area contributed by atoms with Crippen LogP contribution in [0.15, 0.2) is 9.98 Å². The standard InChI is InChI=1S/C10H18N2/c1-8-7-9(11-3)5-6-10(8,2)12-4/h8-9H,3-7H2,1-2H3/t8?,9?,10-/m0/s1. The van der Waals surface area contributed by atoms with E-state index < -0.39 is 0 Å². The Balaban J connectivity index is 2.64. The summed E-state index contributed by atoms with van der Waals surface area (Å²) in [6, 6.07) is 0.454. The smallest absolute Gasteiger partial charge is 0.0599 e. The van der Waals surface area contributed by atoms with E-state index in [9.17, 15) is 0 Å². The lowest BCUT2D eigenvalue weighted by molar-refractivity contribution is 0.211. The van der Waals surface area contributed by atoms with Crippen LogP contribution in [0.5, 0.6) is 0 Å². The minimum atomic E-state index is 0.0845. The molecule has 1 rings (SSSR count). The van der Waals surface area contributed by atoms with Gasteiger partial charge in [0.2, 0.25) is 0 Å². The van der Waals surface area contributed by atoms with Gasteiger partial charge in [0, 0.05) is 6.04 Å². The van der Waals surface area contributed by atoms with E-state index in [0.717, 1.165) is 19.3 Å². The summed E-state index contributed by atoms with van der Waals surface area (Å²) in [5.41, 5.74) is 0.0845. The monoisotopic (exact) mass is 166 g/mol. The second-order valence-electron chi connectivity index (χ2n) is 4.03. The highest BCUT2D eigenvalue weighted by molar-refractivity contribution is 5.27. The van der Waals surface area contributed by atoms with Crippen LogP contribution in [0.4, 0.5) is 0 Å². The van der Waals surface area contributed by atoms with Gasteiger partial charge >= 0.3 is 0 Å². The molecule has 0 N–H and O–H groups in total. The maximum Gasteiger partial charge on any atom is 0.0599 e. The molecule has 2 unspecified atom stereocenters. The Bertz CT molecular complexity index is 188. The van der Waals surface area contributed by atoms with Gasteiger partial charge in [-0.25, -0.2) is 0 Å². The fourth-order valence-electron chi connectivity index (χ4n) is 1.89. The van der Waals surface area contributed by atoms with Crippen LogP contribution in [-0.4, -0.2) is 25.0 Å². The van der Waals surface area contributed by atoms with Crippen LogP contribution in [-0.2, 0) is 0 Å². The molecular formula is C10H18N2. The zero-order valence-corrected chi connectivity index (χ0v) is 8.08. The van der Waals surface area contributed by atoms with Crippen molar-refractivity contribution in [3.63, 3.8) is 0 Å². The van der Waals surface area contributed by atoms with Gasteiger partial charge in [0.25, 0.3) is 0 Å². The molecule has 0 bridgehead atoms. The third-order valence-electron chi connectivity index (χ3n) is 3.29. The van der Waals surface area contributed by atoms with Crippen LogP contribution in [0.1, 0.15) is 33.1 Å². The molecule has 0 aromatic rings. The van der Waals surface area contributed by atoms with E-state index in [0.29, 0.717) is 12.0 Å². The number of nitrogens with zero attached hydrogens (tertiary/aromatic N) is 2. The van der Waals surface area contributed by atoms with Crippen LogP contribution in [0.3, 0.4) is 0 Å². The van der Waals surface area contributed by atoms with Crippen molar-refractivity contribution in [1.82, 2.24) is 0 Å². The van der Waals surface area contributed by atoms with E-state index in [1.165, 1.54) is 0 Å². The molecule has 0 heterocycles. The van der Waals surface area contributed by atoms with Gasteiger partial charge in [0.15, 0.2) is 0 Å². The summed E-state index contributed by atoms with van der Waals surface area (Å²) >= 11 is 0. The summed E-state index contributed by atoms with van der Waals surface area (Å²) in [6.45, 7) is 11.7. The average Bonchev–Trinajstić information content (AvgIpc) is 2.10. The zero-order chi connectivity index (χ0) is 9.19. The van der Waals surface area contributed by atoms with Crippen molar-refractivity contribution in [2.45, 2.75) is 44.7 Å². The van der Waals surface area contributed by atoms with Crippen molar-refractivity contribution in [3.8, 4) is 0 Å². The Hall–Kier alpha value is -0.660. The molecule has 0 saturated heterocycles. The zero-order valence-electron chi connectivity index (χ0n) is 8.08. The van der Waals surface area contributed by atoms with E-state index in [-0.39, 0.29) is 5.54 Å². The highest BCUT2D eigenvalue weighted by Gasteiger charge is 2.35. The van der Waals surface area contributed by atoms with Crippen molar-refractivity contribution in [1.29, 1.82) is 0 Å². The first-order valence-electron chi connectivity index (χ1n) is 4.56. The Labute approximate surface area is 74.8 Å². The molecule has 1 aliphatic rings. The summed E-state index contributed by atoms with van der Waals surface area (Å²) < 4.78 is 0. The van der Waals surface area contributed by atoms with Gasteiger partial charge < -0.3 is 0 Å². The van der Waals surface area contributed by atoms with E-state index in [4.69, 9.17) is 0 Å². The largest absolute Gasteiger partial charge is 0.298 e. The van der Waals surface area contributed by atoms with Crippen LogP contribution in [0.25, 0.3) is 0 Å². The SMILES string of the molecule is C=NC1CC[C@](C)(N=C)C(C)C1. The fourth-order valence-corrected chi connectivity index (χ4v) is 1.89. The maximum atomic E-state index is 4.22. The lowest BCUT2D eigenvalue weighted by Crippen LogP contribution is -2.38. The third kappa shape index (κ3) is 1.57. The first-order chi connectivity index (χ1) is 5.62. The number of hydrogen-bond donors (Lipinski definition) is 0. The minimum absolute atomic E-state index is 0.0845. The van der Waals surface area contributed by atoms with Crippen molar-refractivity contribution in [2.24, 2.45) is 15.9 Å². The minimum Gasteiger partial charge on any atom is -0.298 e. The molecule has 1 aliphatic carbocycles. The topological polar surface area (TPSA) is 24.7 Å². The van der Waals surface area contributed by atoms with E-state index in [1.54, 1.807) is 0 Å². The molecule has 12 heavy (non-hydrogen) atoms. The molecule has 0 radical (unpaired) electrons. The van der Waals surface area contributed by atoms with Crippen molar-refractivity contribution in [3.05, 3.63) is 0 Å². The second-order valence-corrected chi connectivity index (χ2v) is 4.03. The van der Waals surface area contributed by atoms with Crippen molar-refractivity contribution >= 4 is 13.4 Å². The summed E-state index contributed by atoms with van der Waals surface area (Å²) in [6.07, 6.45) is 3.32. The molecule has 0 aromatic carbocycles. The predicted octanol–water partition coefficient (Wildman–Crippen LogP) is 2.33. The second kappa shape index (κ2) is 3.38. The van der Waals surface area contributed by atoms with Crippen LogP contribution in [0, 0.1) is 5.92 Å². The number of rotatable bonds is 2. The Morgan fingerprint density at radius 1 is 1.42 bits per heavy atom. The van der Waals surface area contributed by atoms with Gasteiger partial charge in [-0.3, -0.25) is 9.98 Å². The maximum absolute atomic E-state index is 4.22. The summed E-state index contributed by atoms with van der Waals surface area (Å²) in [7, 11) is 0. The molecule has 0 spiro atoms. The highest BCUT2D eigenvalue weighted by Crippen LogP contribution is 2.37. The van der Waals surface area contributed by atoms with Crippen molar-refractivity contribution in [2.75, 3.05) is 0 Å². The Morgan fingerprint density at radius 2 is 2.08 bits per heavy atom. The average molecular weight is 166 g/mol. The van der Waals surface area contributed by atoms with Gasteiger partial charge in [0.1, 0.15) is 0 Å². The quantitative estimate of drug-likeness (QED) is 0.562. The van der Waals surface area contributed by atoms with E-state index >= 15 is 0 Å². The molecule has 0 aliphatic heterocycles. The molecule has 1 fully saturated rings. The van der Waals surface area contributed by atoms with Crippen LogP contribution < -0.4 is 0 Å². The molecule has 2 nitrogen and oxygen atoms in total. The normalized spacial score (nSPS) is 42.2. The lowest BCUT2D eigenvalue weighted by Gasteiger charge is -2.38. The molecule has 3 atom stereocenters. The molecule has 68 valence electrons. The molecule has 2 heteroatoms. The highest BCUT2D eigenvalue weighted by atomic mass is 14.9. The van der Waals surface area contributed by atoms with Crippen molar-refractivity contribution < 1.29 is 0 Å². The molecule has 0 aromatic heterocycles. The van der Waals surface area contributed by atoms with E-state index in [2.05, 4.69) is 37.3 Å². The molecule has 0 amide bonds. The van der Waals surface area contributed by atoms with Gasteiger partial charge in [-0.2, -0.15) is 0 Å². The molecule has 1 saturated carbocycles. The van der Waals surface area contributed by atoms with Crippen LogP contribution >= 0.6 is 0 Å². The number of hydrogen-bond acceptors (Lipinski definition) is 2. The summed E-state index contributed by atoms with van der Waals surface area (Å²) in [5.74, 6) is 0.583. The summed E-state index contributed by atoms with van der Waals surface area (Å²) in [4.78, 5) is 8.30. The van der Waals surface area contributed by atoms with Gasteiger partial charge in [-0.15, -0.1) is 0 Å². The third-order valence-corrected chi connectivity index (χ3v) is 3.29. The Kier molecular flexibility index (Phi) is 2.65. The predicted molar refractivity (Wildman–Crippen MR) is 54.3 cm³/mol. The van der Waals surface area contributed by atoms with Gasteiger partial charge in [-0.05, 0) is 45.5 Å².